The van der Waals surface area contributed by atoms with Gasteiger partial charge in [0.25, 0.3) is 0 Å². The van der Waals surface area contributed by atoms with E-state index in [0.29, 0.717) is 13.0 Å². The van der Waals surface area contributed by atoms with E-state index in [9.17, 15) is 13.2 Å². The van der Waals surface area contributed by atoms with Crippen LogP contribution < -0.4 is 5.32 Å². The van der Waals surface area contributed by atoms with Crippen LogP contribution in [0.5, 0.6) is 0 Å². The molecule has 0 aliphatic carbocycles. The third-order valence-electron chi connectivity index (χ3n) is 2.07. The maximum Gasteiger partial charge on any atom is 0.389 e. The third-order valence-corrected chi connectivity index (χ3v) is 2.07. The fourth-order valence-electron chi connectivity index (χ4n) is 1.25. The van der Waals surface area contributed by atoms with Crippen molar-refractivity contribution in [3.05, 3.63) is 0 Å². The molecule has 0 heterocycles. The Morgan fingerprint density at radius 2 is 2.00 bits per heavy atom. The van der Waals surface area contributed by atoms with Crippen molar-refractivity contribution in [2.75, 3.05) is 26.4 Å². The first-order chi connectivity index (χ1) is 7.49. The zero-order valence-electron chi connectivity index (χ0n) is 9.52. The number of nitrogens with one attached hydrogen (secondary N) is 1. The van der Waals surface area contributed by atoms with Gasteiger partial charge in [-0.25, -0.2) is 0 Å². The lowest BCUT2D eigenvalue weighted by atomic mass is 10.2. The quantitative estimate of drug-likeness (QED) is 0.606. The summed E-state index contributed by atoms with van der Waals surface area (Å²) in [4.78, 5) is 0. The molecule has 0 aromatic heterocycles. The molecule has 0 amide bonds. The molecule has 98 valence electrons. The Kier molecular flexibility index (Phi) is 8.60. The van der Waals surface area contributed by atoms with E-state index in [2.05, 4.69) is 5.32 Å². The van der Waals surface area contributed by atoms with Gasteiger partial charge < -0.3 is 15.2 Å². The maximum absolute atomic E-state index is 11.7. The molecule has 1 atom stereocenters. The molecule has 0 saturated heterocycles. The minimum Gasteiger partial charge on any atom is -0.395 e. The molecular weight excluding hydrogens is 223 g/mol. The van der Waals surface area contributed by atoms with Gasteiger partial charge in [-0.2, -0.15) is 13.2 Å². The molecule has 6 heteroatoms. The first-order valence-electron chi connectivity index (χ1n) is 5.48. The highest BCUT2D eigenvalue weighted by atomic mass is 19.4. The normalized spacial score (nSPS) is 14.1. The van der Waals surface area contributed by atoms with E-state index >= 15 is 0 Å². The van der Waals surface area contributed by atoms with E-state index in [1.54, 1.807) is 0 Å². The molecule has 1 unspecified atom stereocenters. The second-order valence-corrected chi connectivity index (χ2v) is 3.56. The minimum absolute atomic E-state index is 0.00546. The van der Waals surface area contributed by atoms with Crippen LogP contribution in [0.1, 0.15) is 26.2 Å². The molecule has 16 heavy (non-hydrogen) atoms. The first kappa shape index (κ1) is 15.7. The van der Waals surface area contributed by atoms with Gasteiger partial charge in [0, 0.05) is 25.7 Å². The Hall–Kier alpha value is -0.330. The topological polar surface area (TPSA) is 41.5 Å². The summed E-state index contributed by atoms with van der Waals surface area (Å²) in [6.45, 7) is 3.17. The highest BCUT2D eigenvalue weighted by Gasteiger charge is 2.25. The van der Waals surface area contributed by atoms with Crippen LogP contribution >= 0.6 is 0 Å². The SMILES string of the molecule is CCNC(CO)CCOCCCC(F)(F)F. The van der Waals surface area contributed by atoms with Gasteiger partial charge in [-0.1, -0.05) is 6.92 Å². The van der Waals surface area contributed by atoms with E-state index in [0.717, 1.165) is 6.54 Å². The molecule has 2 N–H and O–H groups in total. The van der Waals surface area contributed by atoms with Crippen molar-refractivity contribution in [1.82, 2.24) is 5.32 Å². The van der Waals surface area contributed by atoms with Crippen LogP contribution in [0, 0.1) is 0 Å². The standard InChI is InChI=1S/C10H20F3NO2/c1-2-14-9(8-15)4-7-16-6-3-5-10(11,12)13/h9,14-15H,2-8H2,1H3. The smallest absolute Gasteiger partial charge is 0.389 e. The van der Waals surface area contributed by atoms with E-state index in [1.807, 2.05) is 6.92 Å². The number of alkyl halides is 3. The first-order valence-corrected chi connectivity index (χ1v) is 5.48. The summed E-state index contributed by atoms with van der Waals surface area (Å²) in [7, 11) is 0. The summed E-state index contributed by atoms with van der Waals surface area (Å²) in [5, 5.41) is 11.9. The van der Waals surface area contributed by atoms with Crippen LogP contribution in [0.4, 0.5) is 13.2 Å². The lowest BCUT2D eigenvalue weighted by Gasteiger charge is -2.14. The average molecular weight is 243 g/mol. The van der Waals surface area contributed by atoms with Crippen molar-refractivity contribution in [3.63, 3.8) is 0 Å². The van der Waals surface area contributed by atoms with Crippen molar-refractivity contribution in [2.24, 2.45) is 0 Å². The van der Waals surface area contributed by atoms with E-state index < -0.39 is 12.6 Å². The summed E-state index contributed by atoms with van der Waals surface area (Å²) in [5.74, 6) is 0. The lowest BCUT2D eigenvalue weighted by molar-refractivity contribution is -0.137. The maximum atomic E-state index is 11.7. The zero-order valence-corrected chi connectivity index (χ0v) is 9.52. The zero-order chi connectivity index (χ0) is 12.4. The van der Waals surface area contributed by atoms with Gasteiger partial charge in [0.15, 0.2) is 0 Å². The Morgan fingerprint density at radius 1 is 1.31 bits per heavy atom. The van der Waals surface area contributed by atoms with Gasteiger partial charge in [-0.05, 0) is 19.4 Å². The Labute approximate surface area is 94.0 Å². The van der Waals surface area contributed by atoms with Crippen LogP contribution in [0.3, 0.4) is 0 Å². The van der Waals surface area contributed by atoms with E-state index in [1.165, 1.54) is 0 Å². The summed E-state index contributed by atoms with van der Waals surface area (Å²) >= 11 is 0. The van der Waals surface area contributed by atoms with Gasteiger partial charge in [-0.15, -0.1) is 0 Å². The van der Waals surface area contributed by atoms with Crippen LogP contribution in [0.25, 0.3) is 0 Å². The monoisotopic (exact) mass is 243 g/mol. The molecule has 0 aliphatic rings. The van der Waals surface area contributed by atoms with Crippen molar-refractivity contribution in [1.29, 1.82) is 0 Å². The summed E-state index contributed by atoms with van der Waals surface area (Å²) in [6, 6.07) is -0.0346. The molecule has 3 nitrogen and oxygen atoms in total. The number of hydrogen-bond acceptors (Lipinski definition) is 3. The average Bonchev–Trinajstić information content (AvgIpc) is 2.20. The number of ether oxygens (including phenoxy) is 1. The molecule has 0 aromatic rings. The Morgan fingerprint density at radius 3 is 2.50 bits per heavy atom. The molecule has 0 saturated carbocycles. The van der Waals surface area contributed by atoms with Gasteiger partial charge in [0.05, 0.1) is 6.61 Å². The minimum atomic E-state index is -4.10. The van der Waals surface area contributed by atoms with Gasteiger partial charge in [-0.3, -0.25) is 0 Å². The molecule has 0 aromatic carbocycles. The van der Waals surface area contributed by atoms with Crippen LogP contribution in [0.15, 0.2) is 0 Å². The van der Waals surface area contributed by atoms with Crippen LogP contribution in [-0.4, -0.2) is 43.7 Å². The van der Waals surface area contributed by atoms with Crippen molar-refractivity contribution in [2.45, 2.75) is 38.4 Å². The van der Waals surface area contributed by atoms with Gasteiger partial charge in [0.2, 0.25) is 0 Å². The highest BCUT2D eigenvalue weighted by Crippen LogP contribution is 2.20. The van der Waals surface area contributed by atoms with Crippen LogP contribution in [-0.2, 0) is 4.74 Å². The molecule has 0 bridgehead atoms. The summed E-state index contributed by atoms with van der Waals surface area (Å²) in [5.41, 5.74) is 0. The number of hydrogen-bond donors (Lipinski definition) is 2. The van der Waals surface area contributed by atoms with Crippen molar-refractivity contribution in [3.8, 4) is 0 Å². The molecule has 0 rings (SSSR count). The molecule has 0 radical (unpaired) electrons. The summed E-state index contributed by atoms with van der Waals surface area (Å²) in [6.07, 6.45) is -4.30. The fourth-order valence-corrected chi connectivity index (χ4v) is 1.25. The predicted octanol–water partition coefficient (Wildman–Crippen LogP) is 1.71. The predicted molar refractivity (Wildman–Crippen MR) is 55.3 cm³/mol. The summed E-state index contributed by atoms with van der Waals surface area (Å²) < 4.78 is 40.3. The third kappa shape index (κ3) is 10.2. The fraction of sp³-hybridized carbons (Fsp3) is 1.00. The van der Waals surface area contributed by atoms with Crippen LogP contribution in [0.2, 0.25) is 0 Å². The van der Waals surface area contributed by atoms with Crippen molar-refractivity contribution >= 4 is 0 Å². The number of likely N-dealkylation sites (N-methyl/N-ethyl adjacent to an activating group) is 1. The lowest BCUT2D eigenvalue weighted by Crippen LogP contribution is -2.33. The molecular formula is C10H20F3NO2. The molecule has 0 spiro atoms. The Bertz CT molecular complexity index is 165. The number of aliphatic hydroxyl groups excluding tert-OH is 1. The second-order valence-electron chi connectivity index (χ2n) is 3.56. The van der Waals surface area contributed by atoms with Gasteiger partial charge in [0.1, 0.15) is 0 Å². The second kappa shape index (κ2) is 8.78. The highest BCUT2D eigenvalue weighted by molar-refractivity contribution is 4.63. The number of halogens is 3. The molecule has 0 aliphatic heterocycles. The molecule has 0 fully saturated rings. The van der Waals surface area contributed by atoms with E-state index in [4.69, 9.17) is 9.84 Å². The Balaban J connectivity index is 3.32. The van der Waals surface area contributed by atoms with E-state index in [-0.39, 0.29) is 25.7 Å². The number of rotatable bonds is 9. The van der Waals surface area contributed by atoms with Gasteiger partial charge >= 0.3 is 6.18 Å². The van der Waals surface area contributed by atoms with Crippen molar-refractivity contribution < 1.29 is 23.0 Å². The largest absolute Gasteiger partial charge is 0.395 e. The number of aliphatic hydroxyl groups is 1.